The first-order valence-electron chi connectivity index (χ1n) is 9.73. The quantitative estimate of drug-likeness (QED) is 0.714. The van der Waals surface area contributed by atoms with Crippen LogP contribution in [-0.2, 0) is 6.54 Å². The summed E-state index contributed by atoms with van der Waals surface area (Å²) >= 11 is 0. The molecule has 0 aliphatic heterocycles. The van der Waals surface area contributed by atoms with E-state index >= 15 is 0 Å². The third-order valence-corrected chi connectivity index (χ3v) is 5.45. The van der Waals surface area contributed by atoms with Crippen LogP contribution in [0.15, 0.2) is 48.7 Å². The molecule has 1 aliphatic carbocycles. The standard InChI is InChI=1S/C23H22FN3O/c24-20-10-5-11-21-22(20)19(23(28)26-18-8-2-1-3-9-18)15-27(21)14-17-7-4-6-16(12-17)13-25/h4-7,10-12,15,18H,1-3,8-9,14H2,(H,26,28). The van der Waals surface area contributed by atoms with Gasteiger partial charge in [-0.15, -0.1) is 0 Å². The number of fused-ring (bicyclic) bond motifs is 1. The Labute approximate surface area is 163 Å². The number of benzene rings is 2. The highest BCUT2D eigenvalue weighted by Gasteiger charge is 2.22. The smallest absolute Gasteiger partial charge is 0.253 e. The molecule has 0 radical (unpaired) electrons. The number of hydrogen-bond donors (Lipinski definition) is 1. The normalized spacial score (nSPS) is 14.7. The molecule has 0 atom stereocenters. The van der Waals surface area contributed by atoms with Crippen LogP contribution < -0.4 is 5.32 Å². The zero-order chi connectivity index (χ0) is 19.5. The van der Waals surface area contributed by atoms with E-state index in [0.29, 0.717) is 28.6 Å². The van der Waals surface area contributed by atoms with Crippen molar-refractivity contribution in [3.05, 3.63) is 71.2 Å². The maximum Gasteiger partial charge on any atom is 0.253 e. The first-order valence-corrected chi connectivity index (χ1v) is 9.73. The van der Waals surface area contributed by atoms with Crippen LogP contribution >= 0.6 is 0 Å². The van der Waals surface area contributed by atoms with Crippen LogP contribution in [0.1, 0.15) is 53.6 Å². The first-order chi connectivity index (χ1) is 13.7. The molecule has 5 heteroatoms. The third-order valence-electron chi connectivity index (χ3n) is 5.45. The van der Waals surface area contributed by atoms with Gasteiger partial charge in [0.15, 0.2) is 0 Å². The van der Waals surface area contributed by atoms with E-state index in [9.17, 15) is 9.18 Å². The number of hydrogen-bond acceptors (Lipinski definition) is 2. The molecule has 1 fully saturated rings. The van der Waals surface area contributed by atoms with Gasteiger partial charge in [-0.1, -0.05) is 37.5 Å². The van der Waals surface area contributed by atoms with Gasteiger partial charge in [-0.05, 0) is 42.7 Å². The molecule has 1 heterocycles. The van der Waals surface area contributed by atoms with Crippen LogP contribution in [0.5, 0.6) is 0 Å². The van der Waals surface area contributed by atoms with Gasteiger partial charge in [0.05, 0.1) is 22.7 Å². The number of carbonyl (C=O) groups excluding carboxylic acids is 1. The lowest BCUT2D eigenvalue weighted by atomic mass is 9.95. The molecule has 142 valence electrons. The molecular weight excluding hydrogens is 353 g/mol. The Morgan fingerprint density at radius 1 is 1.18 bits per heavy atom. The minimum absolute atomic E-state index is 0.165. The van der Waals surface area contributed by atoms with Crippen molar-refractivity contribution in [2.24, 2.45) is 0 Å². The minimum atomic E-state index is -0.393. The number of amides is 1. The van der Waals surface area contributed by atoms with E-state index in [1.807, 2.05) is 28.8 Å². The summed E-state index contributed by atoms with van der Waals surface area (Å²) in [5.41, 5.74) is 2.56. The molecule has 0 spiro atoms. The largest absolute Gasteiger partial charge is 0.349 e. The lowest BCUT2D eigenvalue weighted by Gasteiger charge is -2.22. The van der Waals surface area contributed by atoms with Crippen LogP contribution in [0.2, 0.25) is 0 Å². The number of nitrogens with one attached hydrogen (secondary N) is 1. The van der Waals surface area contributed by atoms with Gasteiger partial charge < -0.3 is 9.88 Å². The fraction of sp³-hybridized carbons (Fsp3) is 0.304. The van der Waals surface area contributed by atoms with Crippen molar-refractivity contribution in [3.63, 3.8) is 0 Å². The van der Waals surface area contributed by atoms with Gasteiger partial charge in [-0.3, -0.25) is 4.79 Å². The minimum Gasteiger partial charge on any atom is -0.349 e. The molecule has 0 saturated heterocycles. The Morgan fingerprint density at radius 3 is 2.75 bits per heavy atom. The molecule has 1 aromatic heterocycles. The van der Waals surface area contributed by atoms with E-state index in [2.05, 4.69) is 11.4 Å². The fourth-order valence-corrected chi connectivity index (χ4v) is 4.06. The van der Waals surface area contributed by atoms with Gasteiger partial charge in [-0.2, -0.15) is 5.26 Å². The molecular formula is C23H22FN3O. The maximum absolute atomic E-state index is 14.6. The molecule has 0 unspecified atom stereocenters. The van der Waals surface area contributed by atoms with E-state index in [0.717, 1.165) is 31.2 Å². The number of aromatic nitrogens is 1. The van der Waals surface area contributed by atoms with Crippen LogP contribution in [-0.4, -0.2) is 16.5 Å². The van der Waals surface area contributed by atoms with Gasteiger partial charge in [0, 0.05) is 24.2 Å². The molecule has 1 saturated carbocycles. The molecule has 3 aromatic rings. The zero-order valence-electron chi connectivity index (χ0n) is 15.6. The second kappa shape index (κ2) is 7.85. The predicted octanol–water partition coefficient (Wildman–Crippen LogP) is 4.76. The first kappa shape index (κ1) is 18.2. The number of nitriles is 1. The van der Waals surface area contributed by atoms with E-state index in [1.165, 1.54) is 12.5 Å². The second-order valence-electron chi connectivity index (χ2n) is 7.43. The summed E-state index contributed by atoms with van der Waals surface area (Å²) in [6, 6.07) is 14.5. The average molecular weight is 375 g/mol. The van der Waals surface area contributed by atoms with Crippen LogP contribution in [0.25, 0.3) is 10.9 Å². The molecule has 1 aliphatic rings. The SMILES string of the molecule is N#Cc1cccc(Cn2cc(C(=O)NC3CCCCC3)c3c(F)cccc32)c1. The van der Waals surface area contributed by atoms with E-state index < -0.39 is 5.82 Å². The average Bonchev–Trinajstić information content (AvgIpc) is 3.09. The summed E-state index contributed by atoms with van der Waals surface area (Å²) in [5.74, 6) is -0.609. The van der Waals surface area contributed by atoms with Crippen molar-refractivity contribution in [1.82, 2.24) is 9.88 Å². The zero-order valence-corrected chi connectivity index (χ0v) is 15.6. The molecule has 4 rings (SSSR count). The highest BCUT2D eigenvalue weighted by atomic mass is 19.1. The number of nitrogens with zero attached hydrogens (tertiary/aromatic N) is 2. The van der Waals surface area contributed by atoms with Crippen molar-refractivity contribution in [1.29, 1.82) is 5.26 Å². The number of rotatable bonds is 4. The Morgan fingerprint density at radius 2 is 1.96 bits per heavy atom. The van der Waals surface area contributed by atoms with Gasteiger partial charge in [0.25, 0.3) is 5.91 Å². The summed E-state index contributed by atoms with van der Waals surface area (Å²) in [6.07, 6.45) is 7.14. The van der Waals surface area contributed by atoms with Gasteiger partial charge >= 0.3 is 0 Å². The van der Waals surface area contributed by atoms with Gasteiger partial charge in [0.2, 0.25) is 0 Å². The van der Waals surface area contributed by atoms with Gasteiger partial charge in [-0.25, -0.2) is 4.39 Å². The van der Waals surface area contributed by atoms with E-state index in [1.54, 1.807) is 18.3 Å². The summed E-state index contributed by atoms with van der Waals surface area (Å²) in [4.78, 5) is 12.9. The fourth-order valence-electron chi connectivity index (χ4n) is 4.06. The third kappa shape index (κ3) is 3.63. The molecule has 2 aromatic carbocycles. The Hall–Kier alpha value is -3.13. The van der Waals surface area contributed by atoms with Crippen LogP contribution in [0, 0.1) is 17.1 Å². The summed E-state index contributed by atoms with van der Waals surface area (Å²) in [7, 11) is 0. The molecule has 0 bridgehead atoms. The topological polar surface area (TPSA) is 57.8 Å². The van der Waals surface area contributed by atoms with Crippen LogP contribution in [0.3, 0.4) is 0 Å². The van der Waals surface area contributed by atoms with E-state index in [-0.39, 0.29) is 11.9 Å². The van der Waals surface area contributed by atoms with Crippen LogP contribution in [0.4, 0.5) is 4.39 Å². The summed E-state index contributed by atoms with van der Waals surface area (Å²) in [6.45, 7) is 0.464. The molecule has 28 heavy (non-hydrogen) atoms. The highest BCUT2D eigenvalue weighted by molar-refractivity contribution is 6.07. The van der Waals surface area contributed by atoms with Crippen molar-refractivity contribution in [2.45, 2.75) is 44.7 Å². The Balaban J connectivity index is 1.69. The molecule has 1 amide bonds. The predicted molar refractivity (Wildman–Crippen MR) is 106 cm³/mol. The van der Waals surface area contributed by atoms with Crippen molar-refractivity contribution < 1.29 is 9.18 Å². The molecule has 4 nitrogen and oxygen atoms in total. The lowest BCUT2D eigenvalue weighted by Crippen LogP contribution is -2.36. The van der Waals surface area contributed by atoms with Gasteiger partial charge in [0.1, 0.15) is 5.82 Å². The summed E-state index contributed by atoms with van der Waals surface area (Å²) in [5, 5.41) is 12.6. The van der Waals surface area contributed by atoms with Crippen molar-refractivity contribution in [2.75, 3.05) is 0 Å². The highest BCUT2D eigenvalue weighted by Crippen LogP contribution is 2.26. The summed E-state index contributed by atoms with van der Waals surface area (Å²) < 4.78 is 16.5. The van der Waals surface area contributed by atoms with E-state index in [4.69, 9.17) is 5.26 Å². The van der Waals surface area contributed by atoms with Crippen molar-refractivity contribution in [3.8, 4) is 6.07 Å². The number of carbonyl (C=O) groups is 1. The molecule has 1 N–H and O–H groups in total. The second-order valence-corrected chi connectivity index (χ2v) is 7.43. The van der Waals surface area contributed by atoms with Crippen molar-refractivity contribution >= 4 is 16.8 Å². The Bertz CT molecular complexity index is 1060. The number of halogens is 1. The lowest BCUT2D eigenvalue weighted by molar-refractivity contribution is 0.0929. The monoisotopic (exact) mass is 375 g/mol. The Kier molecular flexibility index (Phi) is 5.12. The maximum atomic E-state index is 14.6.